The van der Waals surface area contributed by atoms with E-state index in [1.165, 1.54) is 14.0 Å². The number of Topliss-reactive ketones (excluding diaryl/α,β-unsaturated/α-hetero) is 1. The molecule has 7 nitrogen and oxygen atoms in total. The fraction of sp³-hybridized carbons (Fsp3) is 0.200. The van der Waals surface area contributed by atoms with Crippen molar-refractivity contribution in [3.05, 3.63) is 30.5 Å². The van der Waals surface area contributed by atoms with Crippen molar-refractivity contribution in [2.45, 2.75) is 17.4 Å². The Balaban J connectivity index is 1.88. The van der Waals surface area contributed by atoms with E-state index in [4.69, 9.17) is 4.42 Å². The van der Waals surface area contributed by atoms with Crippen LogP contribution in [0.1, 0.15) is 6.92 Å². The van der Waals surface area contributed by atoms with Gasteiger partial charge in [-0.1, -0.05) is 18.2 Å². The largest absolute Gasteiger partial charge is 0.411 e. The first kappa shape index (κ1) is 15.3. The number of carbonyl (C=O) groups is 2. The molecule has 23 heavy (non-hydrogen) atoms. The molecule has 2 aromatic heterocycles. The van der Waals surface area contributed by atoms with Gasteiger partial charge in [-0.3, -0.25) is 9.59 Å². The van der Waals surface area contributed by atoms with Crippen LogP contribution in [0, 0.1) is 0 Å². The predicted octanol–water partition coefficient (Wildman–Crippen LogP) is 2.01. The summed E-state index contributed by atoms with van der Waals surface area (Å²) in [4.78, 5) is 26.4. The molecule has 3 rings (SSSR count). The summed E-state index contributed by atoms with van der Waals surface area (Å²) in [7, 11) is 1.48. The van der Waals surface area contributed by atoms with Gasteiger partial charge in [-0.25, -0.2) is 0 Å². The van der Waals surface area contributed by atoms with E-state index in [2.05, 4.69) is 20.5 Å². The summed E-state index contributed by atoms with van der Waals surface area (Å²) in [5, 5.41) is 10.6. The number of hydrogen-bond donors (Lipinski definition) is 2. The van der Waals surface area contributed by atoms with E-state index in [0.717, 1.165) is 28.2 Å². The molecule has 8 heteroatoms. The Hall–Kier alpha value is -2.61. The molecule has 0 fully saturated rings. The average Bonchev–Trinajstić information content (AvgIpc) is 3.17. The summed E-state index contributed by atoms with van der Waals surface area (Å²) in [5.41, 5.74) is 1.74. The van der Waals surface area contributed by atoms with Crippen molar-refractivity contribution in [2.24, 2.45) is 0 Å². The summed E-state index contributed by atoms with van der Waals surface area (Å²) in [6.45, 7) is 1.35. The first-order valence-corrected chi connectivity index (χ1v) is 7.77. The van der Waals surface area contributed by atoms with Crippen LogP contribution in [0.15, 0.2) is 40.1 Å². The Morgan fingerprint density at radius 3 is 2.83 bits per heavy atom. The number of aromatic nitrogens is 3. The standard InChI is InChI=1S/C15H14N4O3S/c1-8(20)12(13(21)16-2)23-15-19-18-14(22-15)10-7-17-11-6-4-3-5-9(10)11/h3-7,12,17H,1-2H3,(H,16,21)/t12-/m1/s1. The maximum Gasteiger partial charge on any atom is 0.278 e. The molecule has 2 heterocycles. The Morgan fingerprint density at radius 1 is 1.30 bits per heavy atom. The van der Waals surface area contributed by atoms with E-state index in [9.17, 15) is 9.59 Å². The smallest absolute Gasteiger partial charge is 0.278 e. The van der Waals surface area contributed by atoms with Crippen LogP contribution in [0.25, 0.3) is 22.4 Å². The third-order valence-corrected chi connectivity index (χ3v) is 4.45. The highest BCUT2D eigenvalue weighted by atomic mass is 32.2. The quantitative estimate of drug-likeness (QED) is 0.548. The average molecular weight is 330 g/mol. The van der Waals surface area contributed by atoms with Crippen molar-refractivity contribution in [2.75, 3.05) is 7.05 Å². The van der Waals surface area contributed by atoms with Gasteiger partial charge in [-0.2, -0.15) is 0 Å². The highest BCUT2D eigenvalue weighted by Crippen LogP contribution is 2.30. The number of nitrogens with one attached hydrogen (secondary N) is 2. The second kappa shape index (κ2) is 6.25. The molecule has 0 aliphatic heterocycles. The lowest BCUT2D eigenvalue weighted by molar-refractivity contribution is -0.126. The van der Waals surface area contributed by atoms with Gasteiger partial charge in [0.15, 0.2) is 11.0 Å². The number of H-pyrrole nitrogens is 1. The zero-order valence-corrected chi connectivity index (χ0v) is 13.3. The fourth-order valence-corrected chi connectivity index (χ4v) is 2.98. The summed E-state index contributed by atoms with van der Waals surface area (Å²) in [6, 6.07) is 7.74. The topological polar surface area (TPSA) is 101 Å². The number of carbonyl (C=O) groups excluding carboxylic acids is 2. The summed E-state index contributed by atoms with van der Waals surface area (Å²) in [5.74, 6) is -0.334. The van der Waals surface area contributed by atoms with Gasteiger partial charge >= 0.3 is 0 Å². The highest BCUT2D eigenvalue weighted by Gasteiger charge is 2.26. The molecule has 1 atom stereocenters. The predicted molar refractivity (Wildman–Crippen MR) is 86.0 cm³/mol. The molecule has 0 aliphatic carbocycles. The van der Waals surface area contributed by atoms with E-state index in [-0.39, 0.29) is 11.0 Å². The molecule has 3 aromatic rings. The molecular weight excluding hydrogens is 316 g/mol. The van der Waals surface area contributed by atoms with Crippen molar-refractivity contribution in [3.63, 3.8) is 0 Å². The Kier molecular flexibility index (Phi) is 4.16. The first-order chi connectivity index (χ1) is 11.1. The number of hydrogen-bond acceptors (Lipinski definition) is 6. The lowest BCUT2D eigenvalue weighted by atomic mass is 10.2. The maximum atomic E-state index is 11.7. The molecule has 0 aliphatic rings. The van der Waals surface area contributed by atoms with Crippen molar-refractivity contribution >= 4 is 34.4 Å². The second-order valence-corrected chi connectivity index (χ2v) is 5.90. The lowest BCUT2D eigenvalue weighted by Crippen LogP contribution is -2.34. The highest BCUT2D eigenvalue weighted by molar-refractivity contribution is 8.01. The first-order valence-electron chi connectivity index (χ1n) is 6.89. The summed E-state index contributed by atoms with van der Waals surface area (Å²) >= 11 is 0.941. The number of aromatic amines is 1. The van der Waals surface area contributed by atoms with Crippen LogP contribution >= 0.6 is 11.8 Å². The number of amides is 1. The molecule has 2 N–H and O–H groups in total. The van der Waals surface area contributed by atoms with Crippen molar-refractivity contribution in [1.82, 2.24) is 20.5 Å². The third-order valence-electron chi connectivity index (χ3n) is 3.30. The van der Waals surface area contributed by atoms with E-state index in [1.54, 1.807) is 6.20 Å². The number of rotatable bonds is 5. The molecule has 1 aromatic carbocycles. The molecule has 118 valence electrons. The second-order valence-electron chi connectivity index (χ2n) is 4.84. The molecular formula is C15H14N4O3S. The minimum atomic E-state index is -0.906. The monoisotopic (exact) mass is 330 g/mol. The molecule has 0 unspecified atom stereocenters. The number of nitrogens with zero attached hydrogens (tertiary/aromatic N) is 2. The van der Waals surface area contributed by atoms with Crippen molar-refractivity contribution in [1.29, 1.82) is 0 Å². The van der Waals surface area contributed by atoms with Gasteiger partial charge in [0.2, 0.25) is 5.91 Å². The van der Waals surface area contributed by atoms with E-state index < -0.39 is 11.2 Å². The lowest BCUT2D eigenvalue weighted by Gasteiger charge is -2.08. The fourth-order valence-electron chi connectivity index (χ4n) is 2.17. The Morgan fingerprint density at radius 2 is 2.09 bits per heavy atom. The van der Waals surface area contributed by atoms with Gasteiger partial charge in [0.1, 0.15) is 0 Å². The van der Waals surface area contributed by atoms with Crippen LogP contribution in [-0.2, 0) is 9.59 Å². The van der Waals surface area contributed by atoms with Crippen LogP contribution < -0.4 is 5.32 Å². The number of thioether (sulfide) groups is 1. The molecule has 0 spiro atoms. The van der Waals surface area contributed by atoms with E-state index in [0.29, 0.717) is 5.89 Å². The van der Waals surface area contributed by atoms with Crippen LogP contribution in [-0.4, -0.2) is 39.2 Å². The van der Waals surface area contributed by atoms with Gasteiger partial charge in [0, 0.05) is 24.1 Å². The van der Waals surface area contributed by atoms with E-state index in [1.807, 2.05) is 24.3 Å². The molecule has 0 bridgehead atoms. The maximum absolute atomic E-state index is 11.7. The number of benzene rings is 1. The van der Waals surface area contributed by atoms with Crippen LogP contribution in [0.2, 0.25) is 0 Å². The number of fused-ring (bicyclic) bond motifs is 1. The van der Waals surface area contributed by atoms with Gasteiger partial charge < -0.3 is 14.7 Å². The minimum absolute atomic E-state index is 0.175. The zero-order valence-electron chi connectivity index (χ0n) is 12.5. The molecule has 1 amide bonds. The van der Waals surface area contributed by atoms with Gasteiger partial charge in [0.05, 0.1) is 5.56 Å². The summed E-state index contributed by atoms with van der Waals surface area (Å²) < 4.78 is 5.60. The van der Waals surface area contributed by atoms with Crippen molar-refractivity contribution in [3.8, 4) is 11.5 Å². The van der Waals surface area contributed by atoms with Gasteiger partial charge in [-0.15, -0.1) is 10.2 Å². The SMILES string of the molecule is CNC(=O)[C@H](Sc1nnc(-c2c[nH]c3ccccc23)o1)C(C)=O. The number of ketones is 1. The molecule has 0 radical (unpaired) electrons. The van der Waals surface area contributed by atoms with Crippen LogP contribution in [0.3, 0.4) is 0 Å². The van der Waals surface area contributed by atoms with Crippen molar-refractivity contribution < 1.29 is 14.0 Å². The number of para-hydroxylation sites is 1. The van der Waals surface area contributed by atoms with Crippen LogP contribution in [0.4, 0.5) is 0 Å². The van der Waals surface area contributed by atoms with Crippen LogP contribution in [0.5, 0.6) is 0 Å². The summed E-state index contributed by atoms with van der Waals surface area (Å²) in [6.07, 6.45) is 1.79. The third kappa shape index (κ3) is 2.98. The van der Waals surface area contributed by atoms with E-state index >= 15 is 0 Å². The van der Waals surface area contributed by atoms with Gasteiger partial charge in [0.25, 0.3) is 11.1 Å². The Labute approximate surface area is 135 Å². The normalized spacial score (nSPS) is 12.3. The van der Waals surface area contributed by atoms with Gasteiger partial charge in [-0.05, 0) is 24.8 Å². The molecule has 0 saturated carbocycles. The zero-order chi connectivity index (χ0) is 16.4. The Bertz CT molecular complexity index is 870. The minimum Gasteiger partial charge on any atom is -0.411 e. The molecule has 0 saturated heterocycles.